The fourth-order valence-corrected chi connectivity index (χ4v) is 3.09. The molecule has 0 bridgehead atoms. The molecule has 0 aliphatic heterocycles. The number of unbranched alkanes of at least 4 members (excludes halogenated alkanes) is 5. The smallest absolute Gasteiger partial charge is 0.0669 e. The second-order valence-corrected chi connectivity index (χ2v) is 7.32. The van der Waals surface area contributed by atoms with E-state index in [0.29, 0.717) is 6.10 Å². The summed E-state index contributed by atoms with van der Waals surface area (Å²) in [6.45, 7) is 11.2. The topological polar surface area (TPSA) is 9.23 Å². The molecule has 0 aliphatic rings. The van der Waals surface area contributed by atoms with E-state index in [1.54, 1.807) is 0 Å². The van der Waals surface area contributed by atoms with Gasteiger partial charge in [0.2, 0.25) is 0 Å². The first-order valence-electron chi connectivity index (χ1n) is 9.19. The van der Waals surface area contributed by atoms with Gasteiger partial charge in [0.05, 0.1) is 12.2 Å². The number of rotatable bonds is 11. The lowest BCUT2D eigenvalue weighted by atomic mass is 9.77. The van der Waals surface area contributed by atoms with Crippen molar-refractivity contribution >= 4 is 0 Å². The van der Waals surface area contributed by atoms with E-state index in [1.165, 1.54) is 44.1 Å². The maximum absolute atomic E-state index is 6.30. The molecule has 1 unspecified atom stereocenters. The zero-order valence-corrected chi connectivity index (χ0v) is 15.4. The van der Waals surface area contributed by atoms with Crippen LogP contribution in [0.25, 0.3) is 0 Å². The Kier molecular flexibility index (Phi) is 8.78. The van der Waals surface area contributed by atoms with Crippen LogP contribution in [0, 0.1) is 0 Å². The summed E-state index contributed by atoms with van der Waals surface area (Å²) in [7, 11) is 0. The summed E-state index contributed by atoms with van der Waals surface area (Å²) in [5.74, 6) is 0. The summed E-state index contributed by atoms with van der Waals surface area (Å²) in [4.78, 5) is 0. The standard InChI is InChI=1S/C21H36O/c1-6-7-8-9-10-14-17-20(22-18(2)3)21(4,5)19-15-12-11-13-16-19/h11-13,15-16,18,20H,6-10,14,17H2,1-5H3. The molecule has 0 radical (unpaired) electrons. The van der Waals surface area contributed by atoms with E-state index < -0.39 is 0 Å². The molecule has 1 heteroatoms. The average Bonchev–Trinajstić information content (AvgIpc) is 2.50. The van der Waals surface area contributed by atoms with Crippen molar-refractivity contribution in [3.05, 3.63) is 35.9 Å². The SMILES string of the molecule is CCCCCCCCC(OC(C)C)C(C)(C)c1ccccc1. The monoisotopic (exact) mass is 304 g/mol. The highest BCUT2D eigenvalue weighted by atomic mass is 16.5. The Morgan fingerprint density at radius 3 is 2.09 bits per heavy atom. The van der Waals surface area contributed by atoms with Gasteiger partial charge in [-0.3, -0.25) is 0 Å². The highest BCUT2D eigenvalue weighted by Crippen LogP contribution is 2.32. The molecule has 1 aromatic rings. The Morgan fingerprint density at radius 2 is 1.50 bits per heavy atom. The van der Waals surface area contributed by atoms with Gasteiger partial charge in [-0.05, 0) is 25.8 Å². The van der Waals surface area contributed by atoms with Gasteiger partial charge >= 0.3 is 0 Å². The Morgan fingerprint density at radius 1 is 0.909 bits per heavy atom. The van der Waals surface area contributed by atoms with Crippen molar-refractivity contribution in [3.8, 4) is 0 Å². The molecule has 0 saturated carbocycles. The largest absolute Gasteiger partial charge is 0.375 e. The van der Waals surface area contributed by atoms with E-state index >= 15 is 0 Å². The molecule has 0 heterocycles. The number of benzene rings is 1. The molecule has 1 aromatic carbocycles. The van der Waals surface area contributed by atoms with Crippen molar-refractivity contribution < 1.29 is 4.74 Å². The fraction of sp³-hybridized carbons (Fsp3) is 0.714. The first kappa shape index (κ1) is 19.2. The second-order valence-electron chi connectivity index (χ2n) is 7.32. The van der Waals surface area contributed by atoms with Crippen molar-refractivity contribution in [1.82, 2.24) is 0 Å². The summed E-state index contributed by atoms with van der Waals surface area (Å²) in [5.41, 5.74) is 1.45. The first-order valence-corrected chi connectivity index (χ1v) is 9.19. The van der Waals surface area contributed by atoms with Crippen LogP contribution in [-0.2, 0) is 10.2 Å². The van der Waals surface area contributed by atoms with Crippen molar-refractivity contribution in [2.45, 2.75) is 97.2 Å². The van der Waals surface area contributed by atoms with Crippen LogP contribution in [0.2, 0.25) is 0 Å². The van der Waals surface area contributed by atoms with Gasteiger partial charge in [-0.1, -0.05) is 89.6 Å². The number of ether oxygens (including phenoxy) is 1. The van der Waals surface area contributed by atoms with E-state index in [4.69, 9.17) is 4.74 Å². The molecular weight excluding hydrogens is 268 g/mol. The number of hydrogen-bond acceptors (Lipinski definition) is 1. The predicted molar refractivity (Wildman–Crippen MR) is 97.5 cm³/mol. The maximum Gasteiger partial charge on any atom is 0.0669 e. The summed E-state index contributed by atoms with van der Waals surface area (Å²) in [6, 6.07) is 10.8. The molecule has 0 saturated heterocycles. The van der Waals surface area contributed by atoms with Gasteiger partial charge in [0.15, 0.2) is 0 Å². The van der Waals surface area contributed by atoms with Crippen molar-refractivity contribution in [3.63, 3.8) is 0 Å². The van der Waals surface area contributed by atoms with Gasteiger partial charge < -0.3 is 4.74 Å². The van der Waals surface area contributed by atoms with Gasteiger partial charge in [0.1, 0.15) is 0 Å². The molecule has 1 nitrogen and oxygen atoms in total. The fourth-order valence-electron chi connectivity index (χ4n) is 3.09. The van der Waals surface area contributed by atoms with Crippen LogP contribution in [0.1, 0.15) is 85.1 Å². The lowest BCUT2D eigenvalue weighted by Gasteiger charge is -2.36. The second kappa shape index (κ2) is 10.0. The van der Waals surface area contributed by atoms with E-state index in [-0.39, 0.29) is 11.5 Å². The highest BCUT2D eigenvalue weighted by Gasteiger charge is 2.32. The van der Waals surface area contributed by atoms with Gasteiger partial charge in [-0.25, -0.2) is 0 Å². The molecule has 0 fully saturated rings. The van der Waals surface area contributed by atoms with Gasteiger partial charge in [0.25, 0.3) is 0 Å². The van der Waals surface area contributed by atoms with E-state index in [2.05, 4.69) is 65.0 Å². The van der Waals surface area contributed by atoms with Crippen LogP contribution in [0.15, 0.2) is 30.3 Å². The molecule has 0 aliphatic carbocycles. The molecular formula is C21H36O. The molecule has 0 spiro atoms. The van der Waals surface area contributed by atoms with Crippen molar-refractivity contribution in [1.29, 1.82) is 0 Å². The minimum Gasteiger partial charge on any atom is -0.375 e. The van der Waals surface area contributed by atoms with Gasteiger partial charge in [-0.15, -0.1) is 0 Å². The predicted octanol–water partition coefficient (Wildman–Crippen LogP) is 6.51. The summed E-state index contributed by atoms with van der Waals surface area (Å²) >= 11 is 0. The third kappa shape index (κ3) is 6.52. The molecule has 1 atom stereocenters. The number of hydrogen-bond donors (Lipinski definition) is 0. The first-order chi connectivity index (χ1) is 10.5. The summed E-state index contributed by atoms with van der Waals surface area (Å²) in [6.07, 6.45) is 9.80. The third-order valence-corrected chi connectivity index (χ3v) is 4.58. The zero-order chi connectivity index (χ0) is 16.4. The minimum absolute atomic E-state index is 0.0644. The minimum atomic E-state index is 0.0644. The van der Waals surface area contributed by atoms with Gasteiger partial charge in [-0.2, -0.15) is 0 Å². The van der Waals surface area contributed by atoms with Crippen LogP contribution in [-0.4, -0.2) is 12.2 Å². The van der Waals surface area contributed by atoms with Crippen molar-refractivity contribution in [2.75, 3.05) is 0 Å². The molecule has 126 valence electrons. The summed E-state index contributed by atoms with van der Waals surface area (Å²) < 4.78 is 6.30. The average molecular weight is 305 g/mol. The molecule has 1 rings (SSSR count). The normalized spacial score (nSPS) is 13.5. The van der Waals surface area contributed by atoms with Crippen LogP contribution in [0.4, 0.5) is 0 Å². The Balaban J connectivity index is 2.59. The summed E-state index contributed by atoms with van der Waals surface area (Å²) in [5, 5.41) is 0. The molecule has 22 heavy (non-hydrogen) atoms. The molecule has 0 amide bonds. The van der Waals surface area contributed by atoms with Crippen LogP contribution in [0.3, 0.4) is 0 Å². The third-order valence-electron chi connectivity index (χ3n) is 4.58. The van der Waals surface area contributed by atoms with Crippen LogP contribution < -0.4 is 0 Å². The van der Waals surface area contributed by atoms with Gasteiger partial charge in [0, 0.05) is 5.41 Å². The lowest BCUT2D eigenvalue weighted by molar-refractivity contribution is -0.0366. The van der Waals surface area contributed by atoms with E-state index in [0.717, 1.165) is 6.42 Å². The zero-order valence-electron chi connectivity index (χ0n) is 15.4. The van der Waals surface area contributed by atoms with Crippen LogP contribution >= 0.6 is 0 Å². The molecule has 0 N–H and O–H groups in total. The van der Waals surface area contributed by atoms with E-state index in [9.17, 15) is 0 Å². The Bertz CT molecular complexity index is 380. The molecule has 0 aromatic heterocycles. The Hall–Kier alpha value is -0.820. The lowest BCUT2D eigenvalue weighted by Crippen LogP contribution is -2.37. The van der Waals surface area contributed by atoms with Crippen LogP contribution in [0.5, 0.6) is 0 Å². The maximum atomic E-state index is 6.30. The van der Waals surface area contributed by atoms with Crippen molar-refractivity contribution in [2.24, 2.45) is 0 Å². The van der Waals surface area contributed by atoms with E-state index in [1.807, 2.05) is 0 Å². The Labute approximate surface area is 138 Å². The highest BCUT2D eigenvalue weighted by molar-refractivity contribution is 5.25. The quantitative estimate of drug-likeness (QED) is 0.423.